The number of halogens is 7. The zero-order valence-corrected chi connectivity index (χ0v) is 25.6. The van der Waals surface area contributed by atoms with Crippen LogP contribution in [0.5, 0.6) is 6.01 Å². The average Bonchev–Trinajstić information content (AvgIpc) is 3.33. The molecule has 1 saturated heterocycles. The van der Waals surface area contributed by atoms with Gasteiger partial charge in [0.1, 0.15) is 29.5 Å². The highest BCUT2D eigenvalue weighted by atomic mass is 35.5. The summed E-state index contributed by atoms with van der Waals surface area (Å²) in [5.74, 6) is -3.58. The number of likely N-dealkylation sites (tertiary alicyclic amines) is 1. The molecule has 16 heteroatoms. The van der Waals surface area contributed by atoms with Gasteiger partial charge in [-0.25, -0.2) is 18.2 Å². The molecule has 0 radical (unpaired) electrons. The second-order valence-corrected chi connectivity index (χ2v) is 12.4. The number of hydrogen-bond donors (Lipinski definition) is 2. The van der Waals surface area contributed by atoms with Crippen LogP contribution in [0, 0.1) is 11.2 Å². The predicted octanol–water partition coefficient (Wildman–Crippen LogP) is 6.37. The van der Waals surface area contributed by atoms with Gasteiger partial charge in [0.25, 0.3) is 5.92 Å². The fraction of sp³-hybridized carbons (Fsp3) is 0.400. The molecule has 1 aliphatic heterocycles. The second kappa shape index (κ2) is 11.0. The van der Waals surface area contributed by atoms with Gasteiger partial charge >= 0.3 is 12.2 Å². The number of aromatic nitrogens is 4. The Morgan fingerprint density at radius 3 is 2.54 bits per heavy atom. The molecule has 3 aromatic heterocycles. The van der Waals surface area contributed by atoms with Crippen LogP contribution in [0.15, 0.2) is 36.7 Å². The van der Waals surface area contributed by atoms with Crippen LogP contribution in [0.3, 0.4) is 0 Å². The SMILES string of the molecule is C[C@H](c1cccnc1N)N(C)c1nc(OC[C@@H]2C[C@@]3(CN2C)CC3(F)F)nc2c(F)c(-c3cc(N)cc(Cl)c3C(F)(F)F)ncc12. The average molecular weight is 667 g/mol. The Kier molecular flexibility index (Phi) is 7.62. The van der Waals surface area contributed by atoms with Crippen molar-refractivity contribution in [1.29, 1.82) is 0 Å². The van der Waals surface area contributed by atoms with E-state index in [0.717, 1.165) is 18.3 Å². The van der Waals surface area contributed by atoms with Gasteiger partial charge < -0.3 is 21.1 Å². The minimum atomic E-state index is -4.96. The number of hydrogen-bond acceptors (Lipinski definition) is 9. The van der Waals surface area contributed by atoms with Gasteiger partial charge in [-0.1, -0.05) is 17.7 Å². The van der Waals surface area contributed by atoms with Gasteiger partial charge in [0.15, 0.2) is 5.82 Å². The molecule has 1 aromatic carbocycles. The summed E-state index contributed by atoms with van der Waals surface area (Å²) in [6.45, 7) is 1.91. The van der Waals surface area contributed by atoms with Crippen molar-refractivity contribution in [3.63, 3.8) is 0 Å². The summed E-state index contributed by atoms with van der Waals surface area (Å²) in [5, 5.41) is -0.665. The first-order chi connectivity index (χ1) is 21.5. The highest BCUT2D eigenvalue weighted by Gasteiger charge is 2.73. The van der Waals surface area contributed by atoms with E-state index in [2.05, 4.69) is 19.9 Å². The van der Waals surface area contributed by atoms with Crippen molar-refractivity contribution in [2.75, 3.05) is 43.6 Å². The molecular weight excluding hydrogens is 638 g/mol. The summed E-state index contributed by atoms with van der Waals surface area (Å²) < 4.78 is 92.7. The van der Waals surface area contributed by atoms with Crippen LogP contribution in [0.1, 0.15) is 36.9 Å². The Morgan fingerprint density at radius 1 is 1.20 bits per heavy atom. The molecule has 1 saturated carbocycles. The van der Waals surface area contributed by atoms with Gasteiger partial charge in [-0.3, -0.25) is 9.88 Å². The van der Waals surface area contributed by atoms with Crippen molar-refractivity contribution in [3.8, 4) is 17.3 Å². The molecule has 9 nitrogen and oxygen atoms in total. The van der Waals surface area contributed by atoms with Gasteiger partial charge in [0, 0.05) is 55.3 Å². The number of likely N-dealkylation sites (N-methyl/N-ethyl adjacent to an activating group) is 1. The summed E-state index contributed by atoms with van der Waals surface area (Å²) in [7, 11) is 3.36. The van der Waals surface area contributed by atoms with Gasteiger partial charge in [0.05, 0.1) is 27.4 Å². The first kappa shape index (κ1) is 31.9. The second-order valence-electron chi connectivity index (χ2n) is 11.9. The molecule has 2 fully saturated rings. The molecule has 6 rings (SSSR count). The summed E-state index contributed by atoms with van der Waals surface area (Å²) >= 11 is 5.93. The molecule has 46 heavy (non-hydrogen) atoms. The van der Waals surface area contributed by atoms with Crippen LogP contribution >= 0.6 is 11.6 Å². The Hall–Kier alpha value is -4.11. The normalized spacial score (nSPS) is 21.6. The number of fused-ring (bicyclic) bond motifs is 1. The maximum Gasteiger partial charge on any atom is 0.418 e. The number of benzene rings is 1. The first-order valence-electron chi connectivity index (χ1n) is 14.2. The number of nitrogens with zero attached hydrogens (tertiary/aromatic N) is 6. The van der Waals surface area contributed by atoms with Crippen molar-refractivity contribution >= 4 is 39.8 Å². The van der Waals surface area contributed by atoms with Crippen molar-refractivity contribution in [2.45, 2.75) is 43.9 Å². The van der Waals surface area contributed by atoms with Crippen LogP contribution in [0.2, 0.25) is 5.02 Å². The molecule has 244 valence electrons. The molecule has 1 spiro atoms. The molecule has 2 aliphatic rings. The standard InChI is InChI=1S/C30H29ClF6N8O/c1-14(17-5-4-6-40-25(17)39)45(3)26-19-10-41-23(18-7-15(38)8-20(31)21(18)30(35,36)37)22(32)24(19)42-27(43-26)46-11-16-9-28(13-44(16)2)12-29(28,33)34/h4-8,10,14,16H,9,11-13,38H2,1-3H3,(H2,39,40)/t14-,16+,28+/m1/s1. The minimum Gasteiger partial charge on any atom is -0.462 e. The van der Waals surface area contributed by atoms with E-state index in [0.29, 0.717) is 5.56 Å². The lowest BCUT2D eigenvalue weighted by Crippen LogP contribution is -2.31. The molecule has 1 aliphatic carbocycles. The zero-order valence-electron chi connectivity index (χ0n) is 24.8. The maximum absolute atomic E-state index is 16.4. The fourth-order valence-corrected chi connectivity index (χ4v) is 6.56. The van der Waals surface area contributed by atoms with Gasteiger partial charge in [0.2, 0.25) is 0 Å². The Balaban J connectivity index is 1.46. The van der Waals surface area contributed by atoms with E-state index in [1.54, 1.807) is 43.0 Å². The molecule has 4 heterocycles. The molecule has 3 atom stereocenters. The number of pyridine rings is 2. The Morgan fingerprint density at radius 2 is 1.91 bits per heavy atom. The number of ether oxygens (including phenoxy) is 1. The van der Waals surface area contributed by atoms with Gasteiger partial charge in [-0.05, 0) is 38.6 Å². The number of anilines is 3. The number of nitrogens with two attached hydrogens (primary N) is 2. The molecule has 4 N–H and O–H groups in total. The lowest BCUT2D eigenvalue weighted by molar-refractivity contribution is -0.137. The van der Waals surface area contributed by atoms with Crippen molar-refractivity contribution < 1.29 is 31.1 Å². The van der Waals surface area contributed by atoms with Crippen LogP contribution in [-0.2, 0) is 6.18 Å². The van der Waals surface area contributed by atoms with Crippen molar-refractivity contribution in [2.24, 2.45) is 5.41 Å². The van der Waals surface area contributed by atoms with E-state index in [1.165, 1.54) is 6.20 Å². The summed E-state index contributed by atoms with van der Waals surface area (Å²) in [5.41, 5.74) is 8.21. The van der Waals surface area contributed by atoms with Gasteiger partial charge in [-0.15, -0.1) is 0 Å². The lowest BCUT2D eigenvalue weighted by Gasteiger charge is -2.28. The summed E-state index contributed by atoms with van der Waals surface area (Å²) in [6.07, 6.45) is -2.29. The third-order valence-electron chi connectivity index (χ3n) is 8.95. The molecule has 4 aromatic rings. The van der Waals surface area contributed by atoms with Crippen molar-refractivity contribution in [3.05, 3.63) is 58.6 Å². The van der Waals surface area contributed by atoms with E-state index in [1.807, 2.05) is 0 Å². The third kappa shape index (κ3) is 5.38. The van der Waals surface area contributed by atoms with Crippen LogP contribution in [-0.4, -0.2) is 64.0 Å². The molecule has 0 unspecified atom stereocenters. The van der Waals surface area contributed by atoms with E-state index >= 15 is 4.39 Å². The van der Waals surface area contributed by atoms with Crippen molar-refractivity contribution in [1.82, 2.24) is 24.8 Å². The topological polar surface area (TPSA) is 119 Å². The largest absolute Gasteiger partial charge is 0.462 e. The van der Waals surface area contributed by atoms with Crippen LogP contribution < -0.4 is 21.1 Å². The van der Waals surface area contributed by atoms with Gasteiger partial charge in [-0.2, -0.15) is 23.1 Å². The van der Waals surface area contributed by atoms with E-state index in [-0.39, 0.29) is 60.2 Å². The minimum absolute atomic E-state index is 0.0588. The summed E-state index contributed by atoms with van der Waals surface area (Å²) in [4.78, 5) is 20.3. The molecular formula is C30H29ClF6N8O. The van der Waals surface area contributed by atoms with Crippen LogP contribution in [0.4, 0.5) is 43.7 Å². The Bertz CT molecular complexity index is 1840. The monoisotopic (exact) mass is 666 g/mol. The van der Waals surface area contributed by atoms with E-state index in [4.69, 9.17) is 27.8 Å². The fourth-order valence-electron chi connectivity index (χ4n) is 6.23. The first-order valence-corrected chi connectivity index (χ1v) is 14.6. The zero-order chi connectivity index (χ0) is 33.3. The smallest absolute Gasteiger partial charge is 0.418 e. The van der Waals surface area contributed by atoms with E-state index in [9.17, 15) is 22.0 Å². The third-order valence-corrected chi connectivity index (χ3v) is 9.25. The van der Waals surface area contributed by atoms with E-state index < -0.39 is 57.3 Å². The number of alkyl halides is 5. The number of rotatable bonds is 7. The molecule has 0 bridgehead atoms. The maximum atomic E-state index is 16.4. The number of nitrogen functional groups attached to an aromatic ring is 2. The molecule has 0 amide bonds. The highest BCUT2D eigenvalue weighted by Crippen LogP contribution is 2.66. The van der Waals surface area contributed by atoms with Crippen LogP contribution in [0.25, 0.3) is 22.2 Å². The highest BCUT2D eigenvalue weighted by molar-refractivity contribution is 6.32. The quantitative estimate of drug-likeness (QED) is 0.171. The predicted molar refractivity (Wildman–Crippen MR) is 161 cm³/mol. The Labute approximate surface area is 264 Å². The lowest BCUT2D eigenvalue weighted by atomic mass is 10.0. The summed E-state index contributed by atoms with van der Waals surface area (Å²) in [6, 6.07) is 4.11.